The predicted molar refractivity (Wildman–Crippen MR) is 63.0 cm³/mol. The summed E-state index contributed by atoms with van der Waals surface area (Å²) in [5, 5.41) is 1.80. The maximum absolute atomic E-state index is 6.06. The van der Waals surface area contributed by atoms with Crippen LogP contribution in [0.1, 0.15) is 25.0 Å². The normalized spacial score (nSPS) is 11.8. The van der Waals surface area contributed by atoms with Crippen molar-refractivity contribution in [3.63, 3.8) is 0 Å². The Morgan fingerprint density at radius 1 is 1.38 bits per heavy atom. The van der Waals surface area contributed by atoms with Crippen molar-refractivity contribution in [1.82, 2.24) is 0 Å². The zero-order valence-corrected chi connectivity index (χ0v) is 10.5. The third kappa shape index (κ3) is 2.47. The number of rotatable bonds is 2. The molecule has 0 radical (unpaired) electrons. The molecule has 1 aromatic carbocycles. The lowest BCUT2D eigenvalue weighted by Gasteiger charge is -2.22. The fraction of sp³-hybridized carbons (Fsp3) is 0.455. The van der Waals surface area contributed by atoms with E-state index in [1.54, 1.807) is 0 Å². The highest BCUT2D eigenvalue weighted by atomic mass is 79.9. The van der Waals surface area contributed by atoms with Crippen molar-refractivity contribution in [2.45, 2.75) is 26.2 Å². The standard InChI is InChI=1S/C11H14BrCl/c1-8-4-5-9(6-10(8)13)11(2,3)7-12/h4-6H,7H2,1-3H3. The summed E-state index contributed by atoms with van der Waals surface area (Å²) in [5.41, 5.74) is 2.56. The molecule has 2 heteroatoms. The molecule has 72 valence electrons. The third-order valence-corrected chi connectivity index (χ3v) is 4.10. The van der Waals surface area contributed by atoms with Gasteiger partial charge in [-0.2, -0.15) is 0 Å². The van der Waals surface area contributed by atoms with Crippen LogP contribution in [0.15, 0.2) is 18.2 Å². The van der Waals surface area contributed by atoms with E-state index >= 15 is 0 Å². The van der Waals surface area contributed by atoms with Gasteiger partial charge in [-0.3, -0.25) is 0 Å². The average molecular weight is 262 g/mol. The number of hydrogen-bond acceptors (Lipinski definition) is 0. The molecule has 0 amide bonds. The molecule has 0 N–H and O–H groups in total. The highest BCUT2D eigenvalue weighted by Gasteiger charge is 2.19. The Labute approximate surface area is 93.4 Å². The molecule has 0 saturated carbocycles. The van der Waals surface area contributed by atoms with Gasteiger partial charge in [-0.1, -0.05) is 53.5 Å². The molecule has 0 aliphatic rings. The molecular formula is C11H14BrCl. The van der Waals surface area contributed by atoms with Gasteiger partial charge in [0.05, 0.1) is 0 Å². The van der Waals surface area contributed by atoms with Crippen molar-refractivity contribution in [1.29, 1.82) is 0 Å². The molecule has 13 heavy (non-hydrogen) atoms. The first-order valence-electron chi connectivity index (χ1n) is 4.30. The second kappa shape index (κ2) is 4.02. The highest BCUT2D eigenvalue weighted by Crippen LogP contribution is 2.28. The summed E-state index contributed by atoms with van der Waals surface area (Å²) < 4.78 is 0. The minimum Gasteiger partial charge on any atom is -0.0919 e. The Morgan fingerprint density at radius 3 is 2.46 bits per heavy atom. The van der Waals surface area contributed by atoms with Gasteiger partial charge in [-0.25, -0.2) is 0 Å². The summed E-state index contributed by atoms with van der Waals surface area (Å²) in [4.78, 5) is 0. The van der Waals surface area contributed by atoms with Crippen LogP contribution in [-0.2, 0) is 5.41 Å². The van der Waals surface area contributed by atoms with Gasteiger partial charge in [0.2, 0.25) is 0 Å². The largest absolute Gasteiger partial charge is 0.0919 e. The van der Waals surface area contributed by atoms with Crippen molar-refractivity contribution in [3.8, 4) is 0 Å². The molecule has 0 unspecified atom stereocenters. The van der Waals surface area contributed by atoms with E-state index in [1.165, 1.54) is 5.56 Å². The molecule has 1 aromatic rings. The average Bonchev–Trinajstić information content (AvgIpc) is 2.09. The van der Waals surface area contributed by atoms with Crippen LogP contribution in [0.3, 0.4) is 0 Å². The van der Waals surface area contributed by atoms with E-state index in [4.69, 9.17) is 11.6 Å². The molecule has 0 aliphatic heterocycles. The van der Waals surface area contributed by atoms with Crippen molar-refractivity contribution in [2.75, 3.05) is 5.33 Å². The van der Waals surface area contributed by atoms with Crippen LogP contribution in [0.25, 0.3) is 0 Å². The first-order chi connectivity index (χ1) is 5.97. The van der Waals surface area contributed by atoms with E-state index in [0.717, 1.165) is 15.9 Å². The van der Waals surface area contributed by atoms with Crippen molar-refractivity contribution < 1.29 is 0 Å². The van der Waals surface area contributed by atoms with Crippen LogP contribution in [0.2, 0.25) is 5.02 Å². The number of benzene rings is 1. The lowest BCUT2D eigenvalue weighted by atomic mass is 9.87. The van der Waals surface area contributed by atoms with Gasteiger partial charge < -0.3 is 0 Å². The Hall–Kier alpha value is -0.0100. The molecule has 0 atom stereocenters. The number of alkyl halides is 1. The fourth-order valence-electron chi connectivity index (χ4n) is 1.09. The van der Waals surface area contributed by atoms with Crippen molar-refractivity contribution in [2.24, 2.45) is 0 Å². The Bertz CT molecular complexity index is 305. The summed E-state index contributed by atoms with van der Waals surface area (Å²) >= 11 is 9.57. The molecule has 0 fully saturated rings. The lowest BCUT2D eigenvalue weighted by Crippen LogP contribution is -2.18. The maximum atomic E-state index is 6.06. The number of hydrogen-bond donors (Lipinski definition) is 0. The minimum atomic E-state index is 0.150. The molecule has 1 rings (SSSR count). The smallest absolute Gasteiger partial charge is 0.0438 e. The van der Waals surface area contributed by atoms with Crippen molar-refractivity contribution in [3.05, 3.63) is 34.3 Å². The Kier molecular flexibility index (Phi) is 3.42. The molecular weight excluding hydrogens is 247 g/mol. The predicted octanol–water partition coefficient (Wildman–Crippen LogP) is 4.32. The van der Waals surface area contributed by atoms with E-state index in [0.29, 0.717) is 0 Å². The van der Waals surface area contributed by atoms with Gasteiger partial charge in [0.1, 0.15) is 0 Å². The lowest BCUT2D eigenvalue weighted by molar-refractivity contribution is 0.606. The second-order valence-electron chi connectivity index (χ2n) is 3.98. The monoisotopic (exact) mass is 260 g/mol. The third-order valence-electron chi connectivity index (χ3n) is 2.29. The SMILES string of the molecule is Cc1ccc(C(C)(C)CBr)cc1Cl. The Balaban J connectivity index is 3.10. The summed E-state index contributed by atoms with van der Waals surface area (Å²) in [6, 6.07) is 6.27. The molecule has 0 spiro atoms. The van der Waals surface area contributed by atoms with Gasteiger partial charge in [0.25, 0.3) is 0 Å². The number of halogens is 2. The van der Waals surface area contributed by atoms with E-state index in [-0.39, 0.29) is 5.41 Å². The van der Waals surface area contributed by atoms with Crippen LogP contribution in [0.5, 0.6) is 0 Å². The van der Waals surface area contributed by atoms with Crippen LogP contribution in [0.4, 0.5) is 0 Å². The Morgan fingerprint density at radius 2 is 2.00 bits per heavy atom. The molecule has 0 saturated heterocycles. The molecule has 0 bridgehead atoms. The van der Waals surface area contributed by atoms with Gasteiger partial charge >= 0.3 is 0 Å². The molecule has 0 aromatic heterocycles. The maximum Gasteiger partial charge on any atom is 0.0438 e. The summed E-state index contributed by atoms with van der Waals surface area (Å²) in [6.07, 6.45) is 0. The zero-order valence-electron chi connectivity index (χ0n) is 8.20. The van der Waals surface area contributed by atoms with Gasteiger partial charge in [0, 0.05) is 10.4 Å². The fourth-order valence-corrected chi connectivity index (χ4v) is 1.60. The number of aryl methyl sites for hydroxylation is 1. The van der Waals surface area contributed by atoms with E-state index in [2.05, 4.69) is 48.0 Å². The van der Waals surface area contributed by atoms with E-state index in [9.17, 15) is 0 Å². The molecule has 0 aliphatic carbocycles. The minimum absolute atomic E-state index is 0.150. The molecule has 0 heterocycles. The van der Waals surface area contributed by atoms with Gasteiger partial charge in [-0.15, -0.1) is 0 Å². The van der Waals surface area contributed by atoms with E-state index < -0.39 is 0 Å². The van der Waals surface area contributed by atoms with E-state index in [1.807, 2.05) is 6.92 Å². The summed E-state index contributed by atoms with van der Waals surface area (Å²) in [6.45, 7) is 6.42. The van der Waals surface area contributed by atoms with Gasteiger partial charge in [0.15, 0.2) is 0 Å². The van der Waals surface area contributed by atoms with Crippen LogP contribution in [-0.4, -0.2) is 5.33 Å². The quantitative estimate of drug-likeness (QED) is 0.696. The summed E-state index contributed by atoms with van der Waals surface area (Å²) in [7, 11) is 0. The zero-order chi connectivity index (χ0) is 10.1. The van der Waals surface area contributed by atoms with Crippen LogP contribution < -0.4 is 0 Å². The molecule has 0 nitrogen and oxygen atoms in total. The second-order valence-corrected chi connectivity index (χ2v) is 4.95. The van der Waals surface area contributed by atoms with Crippen LogP contribution in [0, 0.1) is 6.92 Å². The van der Waals surface area contributed by atoms with Crippen LogP contribution >= 0.6 is 27.5 Å². The van der Waals surface area contributed by atoms with Crippen molar-refractivity contribution >= 4 is 27.5 Å². The first-order valence-corrected chi connectivity index (χ1v) is 5.80. The highest BCUT2D eigenvalue weighted by molar-refractivity contribution is 9.09. The van der Waals surface area contributed by atoms with Gasteiger partial charge in [-0.05, 0) is 29.5 Å². The topological polar surface area (TPSA) is 0 Å². The first kappa shape index (κ1) is 11.1. The summed E-state index contributed by atoms with van der Waals surface area (Å²) in [5.74, 6) is 0.